The third-order valence-corrected chi connectivity index (χ3v) is 1.55. The Morgan fingerprint density at radius 3 is 2.79 bits per heavy atom. The summed E-state index contributed by atoms with van der Waals surface area (Å²) in [6.07, 6.45) is 4.46. The zero-order chi connectivity index (χ0) is 11.0. The van der Waals surface area contributed by atoms with E-state index in [1.165, 1.54) is 13.2 Å². The number of ether oxygens (including phenoxy) is 1. The minimum atomic E-state index is -0.496. The summed E-state index contributed by atoms with van der Waals surface area (Å²) < 4.78 is 4.36. The van der Waals surface area contributed by atoms with E-state index in [-0.39, 0.29) is 5.70 Å². The molecule has 0 aromatic rings. The Labute approximate surface area is 82.2 Å². The topological polar surface area (TPSA) is 69.4 Å². The minimum absolute atomic E-state index is 0.00327. The van der Waals surface area contributed by atoms with Crippen LogP contribution in [0, 0.1) is 10.1 Å². The zero-order valence-electron chi connectivity index (χ0n) is 8.06. The van der Waals surface area contributed by atoms with Crippen LogP contribution in [0.2, 0.25) is 0 Å². The molecular formula is C9H13NO4. The number of allylic oxidation sites excluding steroid dienone is 2. The van der Waals surface area contributed by atoms with Crippen LogP contribution in [-0.4, -0.2) is 18.0 Å². The highest BCUT2D eigenvalue weighted by Gasteiger charge is 2.04. The Morgan fingerprint density at radius 2 is 2.29 bits per heavy atom. The second kappa shape index (κ2) is 6.82. The second-order valence-corrected chi connectivity index (χ2v) is 2.64. The van der Waals surface area contributed by atoms with Gasteiger partial charge >= 0.3 is 5.97 Å². The van der Waals surface area contributed by atoms with Crippen LogP contribution < -0.4 is 0 Å². The molecule has 0 N–H and O–H groups in total. The number of nitrogens with zero attached hydrogens (tertiary/aromatic N) is 1. The van der Waals surface area contributed by atoms with E-state index in [1.807, 2.05) is 0 Å². The van der Waals surface area contributed by atoms with E-state index < -0.39 is 10.9 Å². The summed E-state index contributed by atoms with van der Waals surface area (Å²) in [6.45, 7) is 3.29. The van der Waals surface area contributed by atoms with Crippen molar-refractivity contribution in [1.82, 2.24) is 0 Å². The molecule has 0 fully saturated rings. The van der Waals surface area contributed by atoms with Crippen LogP contribution >= 0.6 is 0 Å². The van der Waals surface area contributed by atoms with Crippen molar-refractivity contribution >= 4 is 5.97 Å². The maximum absolute atomic E-state index is 10.6. The van der Waals surface area contributed by atoms with Gasteiger partial charge in [-0.05, 0) is 19.4 Å². The van der Waals surface area contributed by atoms with Crippen molar-refractivity contribution in [2.24, 2.45) is 0 Å². The molecule has 14 heavy (non-hydrogen) atoms. The lowest BCUT2D eigenvalue weighted by Crippen LogP contribution is -1.96. The summed E-state index contributed by atoms with van der Waals surface area (Å²) in [5.41, 5.74) is -0.00327. The fourth-order valence-corrected chi connectivity index (χ4v) is 0.763. The normalized spacial score (nSPS) is 10.1. The molecule has 0 aromatic carbocycles. The number of rotatable bonds is 6. The van der Waals surface area contributed by atoms with E-state index in [0.717, 1.165) is 0 Å². The summed E-state index contributed by atoms with van der Waals surface area (Å²) in [4.78, 5) is 20.2. The van der Waals surface area contributed by atoms with E-state index in [1.54, 1.807) is 6.08 Å². The van der Waals surface area contributed by atoms with Crippen LogP contribution in [0.25, 0.3) is 0 Å². The summed E-state index contributed by atoms with van der Waals surface area (Å²) in [6, 6.07) is 0. The predicted octanol–water partition coefficient (Wildman–Crippen LogP) is 1.68. The predicted molar refractivity (Wildman–Crippen MR) is 51.1 cm³/mol. The minimum Gasteiger partial charge on any atom is -0.466 e. The molecule has 0 amide bonds. The van der Waals surface area contributed by atoms with Crippen molar-refractivity contribution in [2.75, 3.05) is 7.11 Å². The summed E-state index contributed by atoms with van der Waals surface area (Å²) >= 11 is 0. The standard InChI is InChI=1S/C9H13NO4/c1-8(10(12)13)6-4-3-5-7-9(11)14-2/h5,7H,1,3-4,6H2,2H3/b7-5-. The van der Waals surface area contributed by atoms with Crippen LogP contribution in [0.1, 0.15) is 19.3 Å². The Bertz CT molecular complexity index is 258. The van der Waals surface area contributed by atoms with Crippen molar-refractivity contribution in [2.45, 2.75) is 19.3 Å². The fraction of sp³-hybridized carbons (Fsp3) is 0.444. The summed E-state index contributed by atoms with van der Waals surface area (Å²) in [5.74, 6) is -0.418. The van der Waals surface area contributed by atoms with Gasteiger partial charge in [-0.25, -0.2) is 4.79 Å². The second-order valence-electron chi connectivity index (χ2n) is 2.64. The number of hydrogen-bond acceptors (Lipinski definition) is 4. The fourth-order valence-electron chi connectivity index (χ4n) is 0.763. The number of hydrogen-bond donors (Lipinski definition) is 0. The van der Waals surface area contributed by atoms with Crippen molar-refractivity contribution in [3.05, 3.63) is 34.5 Å². The first-order valence-electron chi connectivity index (χ1n) is 4.14. The molecule has 0 aliphatic rings. The molecule has 0 aromatic heterocycles. The lowest BCUT2D eigenvalue weighted by Gasteiger charge is -1.94. The van der Waals surface area contributed by atoms with E-state index in [9.17, 15) is 14.9 Å². The Morgan fingerprint density at radius 1 is 1.64 bits per heavy atom. The van der Waals surface area contributed by atoms with Crippen LogP contribution in [0.4, 0.5) is 0 Å². The van der Waals surface area contributed by atoms with Gasteiger partial charge in [0.25, 0.3) is 0 Å². The number of esters is 1. The number of unbranched alkanes of at least 4 members (excludes halogenated alkanes) is 1. The largest absolute Gasteiger partial charge is 0.466 e. The van der Waals surface area contributed by atoms with Crippen molar-refractivity contribution in [3.63, 3.8) is 0 Å². The van der Waals surface area contributed by atoms with E-state index >= 15 is 0 Å². The molecule has 0 bridgehead atoms. The molecule has 0 atom stereocenters. The van der Waals surface area contributed by atoms with Crippen LogP contribution in [0.15, 0.2) is 24.4 Å². The molecule has 0 spiro atoms. The van der Waals surface area contributed by atoms with Gasteiger partial charge in [-0.15, -0.1) is 0 Å². The average molecular weight is 199 g/mol. The van der Waals surface area contributed by atoms with E-state index in [2.05, 4.69) is 11.3 Å². The molecule has 0 aliphatic heterocycles. The zero-order valence-corrected chi connectivity index (χ0v) is 8.06. The smallest absolute Gasteiger partial charge is 0.330 e. The number of carbonyl (C=O) groups is 1. The van der Waals surface area contributed by atoms with Crippen LogP contribution in [-0.2, 0) is 9.53 Å². The quantitative estimate of drug-likeness (QED) is 0.214. The highest BCUT2D eigenvalue weighted by Crippen LogP contribution is 2.05. The molecule has 0 radical (unpaired) electrons. The molecule has 0 aliphatic carbocycles. The SMILES string of the molecule is C=C(CCC/C=C\C(=O)OC)[N+](=O)[O-]. The first kappa shape index (κ1) is 12.3. The van der Waals surface area contributed by atoms with E-state index in [4.69, 9.17) is 0 Å². The van der Waals surface area contributed by atoms with Gasteiger partial charge in [-0.1, -0.05) is 6.08 Å². The van der Waals surface area contributed by atoms with Gasteiger partial charge in [-0.3, -0.25) is 10.1 Å². The van der Waals surface area contributed by atoms with E-state index in [0.29, 0.717) is 19.3 Å². The first-order valence-corrected chi connectivity index (χ1v) is 4.14. The maximum atomic E-state index is 10.6. The summed E-state index contributed by atoms with van der Waals surface area (Å²) in [5, 5.41) is 10.1. The Kier molecular flexibility index (Phi) is 6.02. The maximum Gasteiger partial charge on any atom is 0.330 e. The Hall–Kier alpha value is -1.65. The molecule has 0 unspecified atom stereocenters. The monoisotopic (exact) mass is 199 g/mol. The van der Waals surface area contributed by atoms with Gasteiger partial charge in [0.15, 0.2) is 0 Å². The molecule has 0 saturated heterocycles. The van der Waals surface area contributed by atoms with Crippen LogP contribution in [0.5, 0.6) is 0 Å². The van der Waals surface area contributed by atoms with Crippen molar-refractivity contribution in [1.29, 1.82) is 0 Å². The number of carbonyl (C=O) groups excluding carboxylic acids is 1. The third-order valence-electron chi connectivity index (χ3n) is 1.55. The molecular weight excluding hydrogens is 186 g/mol. The van der Waals surface area contributed by atoms with Crippen LogP contribution in [0.3, 0.4) is 0 Å². The Balaban J connectivity index is 3.56. The number of nitro groups is 1. The van der Waals surface area contributed by atoms with Gasteiger partial charge in [0.2, 0.25) is 5.70 Å². The van der Waals surface area contributed by atoms with Gasteiger partial charge in [-0.2, -0.15) is 0 Å². The van der Waals surface area contributed by atoms with Gasteiger partial charge in [0, 0.05) is 12.5 Å². The number of methoxy groups -OCH3 is 1. The molecule has 0 heterocycles. The van der Waals surface area contributed by atoms with Gasteiger partial charge in [0.05, 0.1) is 12.0 Å². The molecule has 0 rings (SSSR count). The molecule has 5 nitrogen and oxygen atoms in total. The summed E-state index contributed by atoms with van der Waals surface area (Å²) in [7, 11) is 1.29. The van der Waals surface area contributed by atoms with Crippen molar-refractivity contribution < 1.29 is 14.5 Å². The van der Waals surface area contributed by atoms with Gasteiger partial charge in [0.1, 0.15) is 0 Å². The molecule has 78 valence electrons. The first-order chi connectivity index (χ1) is 6.57. The lowest BCUT2D eigenvalue weighted by molar-refractivity contribution is -0.427. The third kappa shape index (κ3) is 5.93. The average Bonchev–Trinajstić information content (AvgIpc) is 2.16. The highest BCUT2D eigenvalue weighted by molar-refractivity contribution is 5.81. The van der Waals surface area contributed by atoms with Crippen molar-refractivity contribution in [3.8, 4) is 0 Å². The van der Waals surface area contributed by atoms with Gasteiger partial charge < -0.3 is 4.74 Å². The molecule has 0 saturated carbocycles. The highest BCUT2D eigenvalue weighted by atomic mass is 16.6. The lowest BCUT2D eigenvalue weighted by atomic mass is 10.2. The molecule has 5 heteroatoms.